The van der Waals surface area contributed by atoms with Crippen molar-refractivity contribution in [3.63, 3.8) is 0 Å². The Balaban J connectivity index is 2.11. The van der Waals surface area contributed by atoms with Crippen LogP contribution in [0.25, 0.3) is 11.2 Å². The van der Waals surface area contributed by atoms with E-state index >= 15 is 0 Å². The third-order valence-electron chi connectivity index (χ3n) is 4.05. The summed E-state index contributed by atoms with van der Waals surface area (Å²) >= 11 is 6.10. The summed E-state index contributed by atoms with van der Waals surface area (Å²) in [5.41, 5.74) is 9.10. The molecule has 0 aliphatic rings. The number of anilines is 1. The normalized spacial score (nSPS) is 11.3. The van der Waals surface area contributed by atoms with Crippen LogP contribution in [-0.2, 0) is 6.54 Å². The zero-order valence-corrected chi connectivity index (χ0v) is 15.3. The molecule has 0 unspecified atom stereocenters. The standard InChI is InChI=1S/C17H20ClN5O2/c1-9(2)11-6-13(25-4)12(24-3)5-10(11)7-23-8-20-14-15(18)21-17(19)22-16(14)23/h5-6,8-9H,7H2,1-4H3,(H2,19,21,22). The molecule has 8 heteroatoms. The highest BCUT2D eigenvalue weighted by Crippen LogP contribution is 2.34. The molecule has 0 saturated carbocycles. The van der Waals surface area contributed by atoms with Crippen molar-refractivity contribution in [2.24, 2.45) is 0 Å². The zero-order valence-electron chi connectivity index (χ0n) is 14.6. The third kappa shape index (κ3) is 3.19. The van der Waals surface area contributed by atoms with E-state index in [1.165, 1.54) is 0 Å². The van der Waals surface area contributed by atoms with E-state index in [0.717, 1.165) is 11.1 Å². The molecule has 132 valence electrons. The van der Waals surface area contributed by atoms with Gasteiger partial charge in [0.2, 0.25) is 5.95 Å². The van der Waals surface area contributed by atoms with Crippen molar-refractivity contribution in [3.8, 4) is 11.5 Å². The van der Waals surface area contributed by atoms with Gasteiger partial charge in [-0.3, -0.25) is 0 Å². The quantitative estimate of drug-likeness (QED) is 0.702. The van der Waals surface area contributed by atoms with Gasteiger partial charge in [0, 0.05) is 0 Å². The number of methoxy groups -OCH3 is 2. The summed E-state index contributed by atoms with van der Waals surface area (Å²) in [6, 6.07) is 3.99. The number of rotatable bonds is 5. The van der Waals surface area contributed by atoms with E-state index in [1.54, 1.807) is 20.5 Å². The van der Waals surface area contributed by atoms with E-state index in [2.05, 4.69) is 28.8 Å². The van der Waals surface area contributed by atoms with Crippen LogP contribution in [0.15, 0.2) is 18.5 Å². The number of halogens is 1. The number of benzene rings is 1. The average Bonchev–Trinajstić information content (AvgIpc) is 2.97. The highest BCUT2D eigenvalue weighted by molar-refractivity contribution is 6.33. The summed E-state index contributed by atoms with van der Waals surface area (Å²) in [5, 5.41) is 0.248. The monoisotopic (exact) mass is 361 g/mol. The highest BCUT2D eigenvalue weighted by Gasteiger charge is 2.16. The molecular weight excluding hydrogens is 342 g/mol. The molecule has 2 aromatic heterocycles. The topological polar surface area (TPSA) is 88.1 Å². The number of ether oxygens (including phenoxy) is 2. The summed E-state index contributed by atoms with van der Waals surface area (Å²) < 4.78 is 12.8. The minimum Gasteiger partial charge on any atom is -0.493 e. The molecule has 2 heterocycles. The lowest BCUT2D eigenvalue weighted by Gasteiger charge is -2.17. The molecular formula is C17H20ClN5O2. The van der Waals surface area contributed by atoms with Crippen molar-refractivity contribution in [2.45, 2.75) is 26.3 Å². The predicted molar refractivity (Wildman–Crippen MR) is 97.5 cm³/mol. The second kappa shape index (κ2) is 6.76. The van der Waals surface area contributed by atoms with Crippen LogP contribution in [0.4, 0.5) is 5.95 Å². The van der Waals surface area contributed by atoms with Crippen molar-refractivity contribution < 1.29 is 9.47 Å². The Bertz CT molecular complexity index is 923. The van der Waals surface area contributed by atoms with Gasteiger partial charge in [0.25, 0.3) is 0 Å². The first-order valence-corrected chi connectivity index (χ1v) is 8.21. The van der Waals surface area contributed by atoms with E-state index in [1.807, 2.05) is 16.7 Å². The van der Waals surface area contributed by atoms with Gasteiger partial charge < -0.3 is 19.8 Å². The SMILES string of the molecule is COc1cc(Cn2cnc3c(Cl)nc(N)nc32)c(C(C)C)cc1OC. The van der Waals surface area contributed by atoms with Crippen LogP contribution in [-0.4, -0.2) is 33.7 Å². The Hall–Kier alpha value is -2.54. The molecule has 0 radical (unpaired) electrons. The van der Waals surface area contributed by atoms with Gasteiger partial charge in [-0.05, 0) is 29.2 Å². The third-order valence-corrected chi connectivity index (χ3v) is 4.31. The Morgan fingerprint density at radius 3 is 2.48 bits per heavy atom. The average molecular weight is 362 g/mol. The van der Waals surface area contributed by atoms with Crippen LogP contribution in [0.3, 0.4) is 0 Å². The van der Waals surface area contributed by atoms with E-state index < -0.39 is 0 Å². The number of hydrogen-bond donors (Lipinski definition) is 1. The summed E-state index contributed by atoms with van der Waals surface area (Å²) in [4.78, 5) is 12.5. The highest BCUT2D eigenvalue weighted by atomic mass is 35.5. The lowest BCUT2D eigenvalue weighted by atomic mass is 9.96. The lowest BCUT2D eigenvalue weighted by Crippen LogP contribution is -2.06. The summed E-state index contributed by atoms with van der Waals surface area (Å²) in [6.45, 7) is 4.82. The second-order valence-electron chi connectivity index (χ2n) is 5.98. The summed E-state index contributed by atoms with van der Waals surface area (Å²) in [5.74, 6) is 1.82. The maximum absolute atomic E-state index is 6.10. The molecule has 7 nitrogen and oxygen atoms in total. The van der Waals surface area contributed by atoms with Crippen molar-refractivity contribution in [2.75, 3.05) is 20.0 Å². The molecule has 2 N–H and O–H groups in total. The molecule has 0 saturated heterocycles. The smallest absolute Gasteiger partial charge is 0.223 e. The molecule has 0 amide bonds. The van der Waals surface area contributed by atoms with Crippen molar-refractivity contribution in [1.29, 1.82) is 0 Å². The van der Waals surface area contributed by atoms with Crippen LogP contribution in [0.5, 0.6) is 11.5 Å². The molecule has 3 aromatic rings. The van der Waals surface area contributed by atoms with Crippen molar-refractivity contribution in [1.82, 2.24) is 19.5 Å². The first kappa shape index (κ1) is 17.3. The number of imidazole rings is 1. The van der Waals surface area contributed by atoms with Crippen molar-refractivity contribution in [3.05, 3.63) is 34.7 Å². The zero-order chi connectivity index (χ0) is 18.1. The Morgan fingerprint density at radius 2 is 1.84 bits per heavy atom. The van der Waals surface area contributed by atoms with Crippen molar-refractivity contribution >= 4 is 28.7 Å². The van der Waals surface area contributed by atoms with Crippen LogP contribution in [0.1, 0.15) is 30.9 Å². The molecule has 3 rings (SSSR count). The number of aromatic nitrogens is 4. The minimum atomic E-state index is 0.121. The van der Waals surface area contributed by atoms with Gasteiger partial charge in [0.1, 0.15) is 5.52 Å². The van der Waals surface area contributed by atoms with E-state index in [-0.39, 0.29) is 11.1 Å². The van der Waals surface area contributed by atoms with Crippen LogP contribution >= 0.6 is 11.6 Å². The molecule has 0 spiro atoms. The van der Waals surface area contributed by atoms with E-state index in [0.29, 0.717) is 35.1 Å². The molecule has 0 aliphatic heterocycles. The number of nitrogens with two attached hydrogens (primary N) is 1. The number of hydrogen-bond acceptors (Lipinski definition) is 6. The number of fused-ring (bicyclic) bond motifs is 1. The predicted octanol–water partition coefficient (Wildman–Crippen LogP) is 3.25. The van der Waals surface area contributed by atoms with Crippen LogP contribution < -0.4 is 15.2 Å². The fourth-order valence-electron chi connectivity index (χ4n) is 2.84. The van der Waals surface area contributed by atoms with Gasteiger partial charge in [0.05, 0.1) is 27.1 Å². The molecule has 0 atom stereocenters. The Morgan fingerprint density at radius 1 is 1.16 bits per heavy atom. The fraction of sp³-hybridized carbons (Fsp3) is 0.353. The van der Waals surface area contributed by atoms with Gasteiger partial charge in [-0.15, -0.1) is 0 Å². The lowest BCUT2D eigenvalue weighted by molar-refractivity contribution is 0.353. The molecule has 1 aromatic carbocycles. The largest absolute Gasteiger partial charge is 0.493 e. The van der Waals surface area contributed by atoms with Crippen LogP contribution in [0, 0.1) is 0 Å². The summed E-state index contributed by atoms with van der Waals surface area (Å²) in [7, 11) is 3.25. The van der Waals surface area contributed by atoms with Gasteiger partial charge in [0.15, 0.2) is 22.3 Å². The number of nitrogen functional groups attached to an aromatic ring is 1. The maximum Gasteiger partial charge on any atom is 0.223 e. The van der Waals surface area contributed by atoms with Crippen LogP contribution in [0.2, 0.25) is 5.15 Å². The van der Waals surface area contributed by atoms with Gasteiger partial charge in [-0.2, -0.15) is 9.97 Å². The maximum atomic E-state index is 6.10. The molecule has 0 fully saturated rings. The number of nitrogens with zero attached hydrogens (tertiary/aromatic N) is 4. The van der Waals surface area contributed by atoms with E-state index in [4.69, 9.17) is 26.8 Å². The molecule has 0 aliphatic carbocycles. The van der Waals surface area contributed by atoms with Gasteiger partial charge in [-0.1, -0.05) is 25.4 Å². The minimum absolute atomic E-state index is 0.121. The first-order chi connectivity index (χ1) is 11.9. The molecule has 0 bridgehead atoms. The van der Waals surface area contributed by atoms with E-state index in [9.17, 15) is 0 Å². The Labute approximate surface area is 150 Å². The fourth-order valence-corrected chi connectivity index (χ4v) is 3.06. The summed E-state index contributed by atoms with van der Waals surface area (Å²) in [6.07, 6.45) is 1.69. The first-order valence-electron chi connectivity index (χ1n) is 7.83. The van der Waals surface area contributed by atoms with Gasteiger partial charge >= 0.3 is 0 Å². The Kier molecular flexibility index (Phi) is 4.67. The molecule has 25 heavy (non-hydrogen) atoms. The van der Waals surface area contributed by atoms with Gasteiger partial charge in [-0.25, -0.2) is 4.98 Å². The second-order valence-corrected chi connectivity index (χ2v) is 6.34.